The summed E-state index contributed by atoms with van der Waals surface area (Å²) < 4.78 is 5.35. The van der Waals surface area contributed by atoms with Crippen molar-refractivity contribution in [1.82, 2.24) is 4.98 Å². The van der Waals surface area contributed by atoms with Crippen LogP contribution in [0.15, 0.2) is 79.0 Å². The van der Waals surface area contributed by atoms with Crippen molar-refractivity contribution >= 4 is 24.2 Å². The third-order valence-electron chi connectivity index (χ3n) is 4.25. The van der Waals surface area contributed by atoms with Gasteiger partial charge < -0.3 is 4.74 Å². The molecule has 0 amide bonds. The van der Waals surface area contributed by atoms with Gasteiger partial charge in [-0.25, -0.2) is 4.79 Å². The fourth-order valence-corrected chi connectivity index (χ4v) is 2.61. The lowest BCUT2D eigenvalue weighted by molar-refractivity contribution is -0.128. The second-order valence-corrected chi connectivity index (χ2v) is 6.73. The van der Waals surface area contributed by atoms with Crippen LogP contribution in [0.1, 0.15) is 42.1 Å². The van der Waals surface area contributed by atoms with Crippen LogP contribution in [-0.2, 0) is 4.79 Å². The van der Waals surface area contributed by atoms with E-state index in [2.05, 4.69) is 31.0 Å². The highest BCUT2D eigenvalue weighted by molar-refractivity contribution is 5.88. The van der Waals surface area contributed by atoms with Crippen LogP contribution in [0.5, 0.6) is 5.75 Å². The SMILES string of the molecule is CC(C)c1ccc(/C=C/C(=O)Oc2ccc(/C=C/c3ccccn3)cc2)cc1. The molecule has 0 radical (unpaired) electrons. The first kappa shape index (κ1) is 19.3. The Labute approximate surface area is 166 Å². The van der Waals surface area contributed by atoms with Crippen LogP contribution in [0.25, 0.3) is 18.2 Å². The number of ether oxygens (including phenoxy) is 1. The van der Waals surface area contributed by atoms with Crippen LogP contribution in [0.2, 0.25) is 0 Å². The molecule has 0 atom stereocenters. The molecule has 0 bridgehead atoms. The number of nitrogens with zero attached hydrogens (tertiary/aromatic N) is 1. The van der Waals surface area contributed by atoms with Gasteiger partial charge in [0.15, 0.2) is 0 Å². The van der Waals surface area contributed by atoms with Crippen molar-refractivity contribution in [3.05, 3.63) is 101 Å². The van der Waals surface area contributed by atoms with Gasteiger partial charge >= 0.3 is 5.97 Å². The molecule has 0 unspecified atom stereocenters. The number of pyridine rings is 1. The number of carbonyl (C=O) groups is 1. The van der Waals surface area contributed by atoms with Crippen LogP contribution in [0.4, 0.5) is 0 Å². The number of rotatable bonds is 6. The number of aromatic nitrogens is 1. The summed E-state index contributed by atoms with van der Waals surface area (Å²) in [4.78, 5) is 16.3. The van der Waals surface area contributed by atoms with E-state index in [1.807, 2.05) is 54.6 Å². The molecular weight excluding hydrogens is 346 g/mol. The Morgan fingerprint density at radius 3 is 2.18 bits per heavy atom. The molecule has 3 aromatic rings. The second kappa shape index (κ2) is 9.47. The van der Waals surface area contributed by atoms with E-state index in [0.29, 0.717) is 11.7 Å². The summed E-state index contributed by atoms with van der Waals surface area (Å²) in [6.07, 6.45) is 8.87. The summed E-state index contributed by atoms with van der Waals surface area (Å²) in [6.45, 7) is 4.31. The third-order valence-corrected chi connectivity index (χ3v) is 4.25. The normalized spacial score (nSPS) is 11.4. The quantitative estimate of drug-likeness (QED) is 0.304. The molecule has 3 rings (SSSR count). The predicted octanol–water partition coefficient (Wildman–Crippen LogP) is 5.99. The summed E-state index contributed by atoms with van der Waals surface area (Å²) in [5, 5.41) is 0. The largest absolute Gasteiger partial charge is 0.423 e. The van der Waals surface area contributed by atoms with E-state index >= 15 is 0 Å². The first-order valence-corrected chi connectivity index (χ1v) is 9.29. The number of carbonyl (C=O) groups excluding carboxylic acids is 1. The minimum atomic E-state index is -0.398. The van der Waals surface area contributed by atoms with Crippen LogP contribution in [-0.4, -0.2) is 11.0 Å². The molecule has 0 fully saturated rings. The Morgan fingerprint density at radius 2 is 1.54 bits per heavy atom. The van der Waals surface area contributed by atoms with Crippen molar-refractivity contribution < 1.29 is 9.53 Å². The Kier molecular flexibility index (Phi) is 6.53. The number of hydrogen-bond donors (Lipinski definition) is 0. The molecule has 28 heavy (non-hydrogen) atoms. The lowest BCUT2D eigenvalue weighted by Crippen LogP contribution is -2.03. The molecule has 140 valence electrons. The average Bonchev–Trinajstić information content (AvgIpc) is 2.73. The van der Waals surface area contributed by atoms with Crippen LogP contribution in [0.3, 0.4) is 0 Å². The molecule has 0 saturated carbocycles. The fourth-order valence-electron chi connectivity index (χ4n) is 2.61. The molecular formula is C25H23NO2. The predicted molar refractivity (Wildman–Crippen MR) is 115 cm³/mol. The molecule has 1 aromatic heterocycles. The van der Waals surface area contributed by atoms with Gasteiger partial charge in [0.1, 0.15) is 5.75 Å². The van der Waals surface area contributed by atoms with Gasteiger partial charge in [-0.1, -0.05) is 62.4 Å². The van der Waals surface area contributed by atoms with E-state index < -0.39 is 5.97 Å². The van der Waals surface area contributed by atoms with E-state index in [9.17, 15) is 4.79 Å². The molecule has 0 spiro atoms. The van der Waals surface area contributed by atoms with Crippen LogP contribution in [0, 0.1) is 0 Å². The number of hydrogen-bond acceptors (Lipinski definition) is 3. The van der Waals surface area contributed by atoms with E-state index in [1.165, 1.54) is 11.6 Å². The van der Waals surface area contributed by atoms with Crippen molar-refractivity contribution in [3.8, 4) is 5.75 Å². The van der Waals surface area contributed by atoms with Gasteiger partial charge in [0, 0.05) is 12.3 Å². The summed E-state index contributed by atoms with van der Waals surface area (Å²) in [5.41, 5.74) is 4.14. The Morgan fingerprint density at radius 1 is 0.857 bits per heavy atom. The van der Waals surface area contributed by atoms with Gasteiger partial charge in [-0.2, -0.15) is 0 Å². The van der Waals surface area contributed by atoms with Crippen molar-refractivity contribution in [2.24, 2.45) is 0 Å². The first-order valence-electron chi connectivity index (χ1n) is 9.29. The van der Waals surface area contributed by atoms with E-state index in [-0.39, 0.29) is 0 Å². The Hall–Kier alpha value is -3.46. The maximum atomic E-state index is 12.0. The number of esters is 1. The van der Waals surface area contributed by atoms with Gasteiger partial charge in [0.2, 0.25) is 0 Å². The van der Waals surface area contributed by atoms with Crippen LogP contribution >= 0.6 is 0 Å². The summed E-state index contributed by atoms with van der Waals surface area (Å²) in [5.74, 6) is 0.606. The monoisotopic (exact) mass is 369 g/mol. The topological polar surface area (TPSA) is 39.2 Å². The smallest absolute Gasteiger partial charge is 0.336 e. The Balaban J connectivity index is 1.56. The zero-order chi connectivity index (χ0) is 19.8. The maximum absolute atomic E-state index is 12.0. The first-order chi connectivity index (χ1) is 13.6. The van der Waals surface area contributed by atoms with Crippen molar-refractivity contribution in [2.75, 3.05) is 0 Å². The highest BCUT2D eigenvalue weighted by Gasteiger charge is 2.01. The molecule has 3 nitrogen and oxygen atoms in total. The van der Waals surface area contributed by atoms with Crippen molar-refractivity contribution in [3.63, 3.8) is 0 Å². The van der Waals surface area contributed by atoms with Crippen LogP contribution < -0.4 is 4.74 Å². The van der Waals surface area contributed by atoms with Gasteiger partial charge in [-0.15, -0.1) is 0 Å². The minimum absolute atomic E-state index is 0.398. The Bertz CT molecular complexity index is 954. The van der Waals surface area contributed by atoms with Gasteiger partial charge in [0.05, 0.1) is 5.69 Å². The maximum Gasteiger partial charge on any atom is 0.336 e. The molecule has 1 heterocycles. The molecule has 3 heteroatoms. The van der Waals surface area contributed by atoms with Crippen molar-refractivity contribution in [1.29, 1.82) is 0 Å². The number of benzene rings is 2. The summed E-state index contributed by atoms with van der Waals surface area (Å²) in [6, 6.07) is 21.3. The molecule has 0 aliphatic heterocycles. The van der Waals surface area contributed by atoms with Gasteiger partial charge in [-0.3, -0.25) is 4.98 Å². The zero-order valence-corrected chi connectivity index (χ0v) is 16.1. The lowest BCUT2D eigenvalue weighted by atomic mass is 10.0. The molecule has 0 aliphatic rings. The van der Waals surface area contributed by atoms with E-state index in [1.54, 1.807) is 24.4 Å². The van der Waals surface area contributed by atoms with E-state index in [0.717, 1.165) is 16.8 Å². The van der Waals surface area contributed by atoms with E-state index in [4.69, 9.17) is 4.74 Å². The highest BCUT2D eigenvalue weighted by Crippen LogP contribution is 2.16. The van der Waals surface area contributed by atoms with Gasteiger partial charge in [-0.05, 0) is 59.0 Å². The molecule has 0 aliphatic carbocycles. The summed E-state index contributed by atoms with van der Waals surface area (Å²) >= 11 is 0. The molecule has 2 aromatic carbocycles. The molecule has 0 N–H and O–H groups in total. The highest BCUT2D eigenvalue weighted by atomic mass is 16.5. The average molecular weight is 369 g/mol. The summed E-state index contributed by atoms with van der Waals surface area (Å²) in [7, 11) is 0. The third kappa shape index (κ3) is 5.78. The standard InChI is InChI=1S/C25H23NO2/c1-19(2)22-12-6-20(7-13-22)11-17-25(27)28-24-15-9-21(10-16-24)8-14-23-5-3-4-18-26-23/h3-19H,1-2H3/b14-8+,17-11+. The fraction of sp³-hybridized carbons (Fsp3) is 0.120. The minimum Gasteiger partial charge on any atom is -0.423 e. The zero-order valence-electron chi connectivity index (χ0n) is 16.1. The van der Waals surface area contributed by atoms with Gasteiger partial charge in [0.25, 0.3) is 0 Å². The lowest BCUT2D eigenvalue weighted by Gasteiger charge is -2.04. The molecule has 0 saturated heterocycles. The van der Waals surface area contributed by atoms with Crippen molar-refractivity contribution in [2.45, 2.75) is 19.8 Å². The second-order valence-electron chi connectivity index (χ2n) is 6.73.